The number of carbonyl (C=O) groups excluding carboxylic acids is 1. The molecule has 0 spiro atoms. The average molecular weight is 250 g/mol. The maximum absolute atomic E-state index is 11.7. The number of aromatic nitrogens is 2. The zero-order valence-electron chi connectivity index (χ0n) is 8.75. The van der Waals surface area contributed by atoms with Crippen molar-refractivity contribution in [2.75, 3.05) is 11.1 Å². The van der Waals surface area contributed by atoms with E-state index in [9.17, 15) is 4.79 Å². The summed E-state index contributed by atoms with van der Waals surface area (Å²) in [5, 5.41) is 19.2. The molecular weight excluding hydrogens is 240 g/mol. The van der Waals surface area contributed by atoms with E-state index in [1.165, 1.54) is 0 Å². The number of hydrogen-bond acceptors (Lipinski definition) is 6. The molecule has 7 heteroatoms. The van der Waals surface area contributed by atoms with Crippen molar-refractivity contribution in [3.05, 3.63) is 34.8 Å². The molecule has 17 heavy (non-hydrogen) atoms. The maximum Gasteiger partial charge on any atom is 0.286 e. The summed E-state index contributed by atoms with van der Waals surface area (Å²) in [5.74, 6) is -0.351. The summed E-state index contributed by atoms with van der Waals surface area (Å²) >= 11 is 1.03. The van der Waals surface area contributed by atoms with E-state index in [0.29, 0.717) is 5.69 Å². The number of aliphatic hydroxyl groups excluding tert-OH is 1. The lowest BCUT2D eigenvalue weighted by Crippen LogP contribution is -2.11. The minimum Gasteiger partial charge on any atom is -0.392 e. The standard InChI is InChI=1S/C10H10N4O2S/c11-10-14-13-9(17-10)8(16)12-7-3-1-6(5-15)2-4-7/h1-4,15H,5H2,(H2,11,14)(H,12,16). The third kappa shape index (κ3) is 2.77. The number of carbonyl (C=O) groups is 1. The highest BCUT2D eigenvalue weighted by Crippen LogP contribution is 2.14. The van der Waals surface area contributed by atoms with Gasteiger partial charge in [-0.25, -0.2) is 0 Å². The van der Waals surface area contributed by atoms with Gasteiger partial charge in [0.2, 0.25) is 10.1 Å². The van der Waals surface area contributed by atoms with E-state index in [-0.39, 0.29) is 22.7 Å². The highest BCUT2D eigenvalue weighted by atomic mass is 32.1. The molecule has 88 valence electrons. The van der Waals surface area contributed by atoms with Gasteiger partial charge in [0.05, 0.1) is 6.61 Å². The third-order valence-corrected chi connectivity index (χ3v) is 2.78. The third-order valence-electron chi connectivity index (χ3n) is 2.03. The van der Waals surface area contributed by atoms with Crippen LogP contribution in [0.15, 0.2) is 24.3 Å². The Balaban J connectivity index is 2.07. The summed E-state index contributed by atoms with van der Waals surface area (Å²) in [7, 11) is 0. The van der Waals surface area contributed by atoms with Gasteiger partial charge in [0, 0.05) is 5.69 Å². The lowest BCUT2D eigenvalue weighted by atomic mass is 10.2. The van der Waals surface area contributed by atoms with Crippen molar-refractivity contribution in [2.24, 2.45) is 0 Å². The van der Waals surface area contributed by atoms with Crippen molar-refractivity contribution in [1.29, 1.82) is 0 Å². The Morgan fingerprint density at radius 1 is 1.35 bits per heavy atom. The van der Waals surface area contributed by atoms with Crippen LogP contribution in [0.3, 0.4) is 0 Å². The van der Waals surface area contributed by atoms with Gasteiger partial charge >= 0.3 is 0 Å². The zero-order chi connectivity index (χ0) is 12.3. The first kappa shape index (κ1) is 11.5. The fourth-order valence-corrected chi connectivity index (χ4v) is 1.71. The molecule has 0 aliphatic carbocycles. The van der Waals surface area contributed by atoms with Crippen LogP contribution in [0.2, 0.25) is 0 Å². The van der Waals surface area contributed by atoms with Gasteiger partial charge in [-0.15, -0.1) is 10.2 Å². The van der Waals surface area contributed by atoms with Crippen molar-refractivity contribution in [2.45, 2.75) is 6.61 Å². The van der Waals surface area contributed by atoms with Gasteiger partial charge in [-0.2, -0.15) is 0 Å². The minimum absolute atomic E-state index is 0.0266. The number of anilines is 2. The van der Waals surface area contributed by atoms with Crippen LogP contribution in [0.25, 0.3) is 0 Å². The fourth-order valence-electron chi connectivity index (χ4n) is 1.20. The lowest BCUT2D eigenvalue weighted by Gasteiger charge is -2.03. The molecule has 0 fully saturated rings. The van der Waals surface area contributed by atoms with Crippen LogP contribution in [0.4, 0.5) is 10.8 Å². The summed E-state index contributed by atoms with van der Waals surface area (Å²) in [6, 6.07) is 6.86. The molecule has 1 heterocycles. The molecule has 1 aromatic carbocycles. The number of aliphatic hydroxyl groups is 1. The predicted molar refractivity (Wildman–Crippen MR) is 64.6 cm³/mol. The molecule has 0 saturated carbocycles. The first-order valence-corrected chi connectivity index (χ1v) is 5.61. The maximum atomic E-state index is 11.7. The number of nitrogen functional groups attached to an aromatic ring is 1. The quantitative estimate of drug-likeness (QED) is 0.750. The Labute approximate surface area is 101 Å². The van der Waals surface area contributed by atoms with E-state index in [2.05, 4.69) is 15.5 Å². The van der Waals surface area contributed by atoms with Crippen molar-refractivity contribution in [3.8, 4) is 0 Å². The summed E-state index contributed by atoms with van der Waals surface area (Å²) in [5.41, 5.74) is 6.79. The second kappa shape index (κ2) is 4.89. The minimum atomic E-state index is -0.351. The number of benzene rings is 1. The van der Waals surface area contributed by atoms with Crippen molar-refractivity contribution >= 4 is 28.1 Å². The van der Waals surface area contributed by atoms with E-state index < -0.39 is 0 Å². The van der Waals surface area contributed by atoms with Crippen LogP contribution in [-0.4, -0.2) is 21.2 Å². The zero-order valence-corrected chi connectivity index (χ0v) is 9.57. The first-order valence-electron chi connectivity index (χ1n) is 4.79. The van der Waals surface area contributed by atoms with Crippen LogP contribution in [0.5, 0.6) is 0 Å². The van der Waals surface area contributed by atoms with E-state index in [1.54, 1.807) is 24.3 Å². The molecule has 0 radical (unpaired) electrons. The van der Waals surface area contributed by atoms with E-state index in [1.807, 2.05) is 0 Å². The Kier molecular flexibility index (Phi) is 3.31. The van der Waals surface area contributed by atoms with Crippen LogP contribution < -0.4 is 11.1 Å². The molecule has 2 rings (SSSR count). The summed E-state index contributed by atoms with van der Waals surface area (Å²) < 4.78 is 0. The first-order chi connectivity index (χ1) is 8.19. The fraction of sp³-hybridized carbons (Fsp3) is 0.100. The van der Waals surface area contributed by atoms with Gasteiger partial charge < -0.3 is 16.2 Å². The second-order valence-corrected chi connectivity index (χ2v) is 4.26. The molecular formula is C10H10N4O2S. The van der Waals surface area contributed by atoms with Crippen LogP contribution in [0, 0.1) is 0 Å². The van der Waals surface area contributed by atoms with Crippen LogP contribution in [-0.2, 0) is 6.61 Å². The van der Waals surface area contributed by atoms with Gasteiger partial charge in [-0.3, -0.25) is 4.79 Å². The van der Waals surface area contributed by atoms with Crippen LogP contribution >= 0.6 is 11.3 Å². The summed E-state index contributed by atoms with van der Waals surface area (Å²) in [6.07, 6.45) is 0. The molecule has 4 N–H and O–H groups in total. The van der Waals surface area contributed by atoms with Gasteiger partial charge in [0.1, 0.15) is 0 Å². The predicted octanol–water partition coefficient (Wildman–Crippen LogP) is 0.865. The molecule has 1 amide bonds. The Hall–Kier alpha value is -1.99. The topological polar surface area (TPSA) is 101 Å². The number of rotatable bonds is 3. The molecule has 0 unspecified atom stereocenters. The molecule has 0 aliphatic heterocycles. The summed E-state index contributed by atoms with van der Waals surface area (Å²) in [6.45, 7) is -0.0266. The normalized spacial score (nSPS) is 10.2. The van der Waals surface area contributed by atoms with Crippen molar-refractivity contribution < 1.29 is 9.90 Å². The van der Waals surface area contributed by atoms with E-state index >= 15 is 0 Å². The van der Waals surface area contributed by atoms with E-state index in [0.717, 1.165) is 16.9 Å². The monoisotopic (exact) mass is 250 g/mol. The number of nitrogens with one attached hydrogen (secondary N) is 1. The lowest BCUT2D eigenvalue weighted by molar-refractivity contribution is 0.102. The Morgan fingerprint density at radius 2 is 2.06 bits per heavy atom. The molecule has 2 aromatic rings. The van der Waals surface area contributed by atoms with Gasteiger partial charge in [-0.1, -0.05) is 23.5 Å². The molecule has 0 aliphatic rings. The molecule has 6 nitrogen and oxygen atoms in total. The Bertz CT molecular complexity index is 523. The largest absolute Gasteiger partial charge is 0.392 e. The number of hydrogen-bond donors (Lipinski definition) is 3. The highest BCUT2D eigenvalue weighted by Gasteiger charge is 2.11. The van der Waals surface area contributed by atoms with Crippen molar-refractivity contribution in [1.82, 2.24) is 10.2 Å². The van der Waals surface area contributed by atoms with Gasteiger partial charge in [0.15, 0.2) is 0 Å². The Morgan fingerprint density at radius 3 is 2.59 bits per heavy atom. The van der Waals surface area contributed by atoms with Crippen molar-refractivity contribution in [3.63, 3.8) is 0 Å². The molecule has 0 atom stereocenters. The highest BCUT2D eigenvalue weighted by molar-refractivity contribution is 7.16. The number of amides is 1. The molecule has 1 aromatic heterocycles. The number of nitrogens with zero attached hydrogens (tertiary/aromatic N) is 2. The summed E-state index contributed by atoms with van der Waals surface area (Å²) in [4.78, 5) is 11.7. The number of nitrogens with two attached hydrogens (primary N) is 1. The van der Waals surface area contributed by atoms with Gasteiger partial charge in [-0.05, 0) is 17.7 Å². The van der Waals surface area contributed by atoms with E-state index in [4.69, 9.17) is 10.8 Å². The second-order valence-electron chi connectivity index (χ2n) is 3.25. The SMILES string of the molecule is Nc1nnc(C(=O)Nc2ccc(CO)cc2)s1. The molecule has 0 bridgehead atoms. The smallest absolute Gasteiger partial charge is 0.286 e. The van der Waals surface area contributed by atoms with Crippen LogP contribution in [0.1, 0.15) is 15.4 Å². The molecule has 0 saturated heterocycles. The average Bonchev–Trinajstić information content (AvgIpc) is 2.77. The van der Waals surface area contributed by atoms with Gasteiger partial charge in [0.25, 0.3) is 5.91 Å².